The van der Waals surface area contributed by atoms with E-state index in [1.807, 2.05) is 0 Å². The van der Waals surface area contributed by atoms with Crippen molar-refractivity contribution < 1.29 is 23.6 Å². The molecule has 118 valence electrons. The van der Waals surface area contributed by atoms with Crippen LogP contribution >= 0.6 is 0 Å². The van der Waals surface area contributed by atoms with Gasteiger partial charge in [-0.25, -0.2) is 9.18 Å². The number of carbonyl (C=O) groups is 3. The Kier molecular flexibility index (Phi) is 5.00. The van der Waals surface area contributed by atoms with E-state index in [-0.39, 0.29) is 16.7 Å². The first-order valence-corrected chi connectivity index (χ1v) is 6.38. The molecule has 7 nitrogen and oxygen atoms in total. The number of halogens is 1. The Bertz CT molecular complexity index is 747. The van der Waals surface area contributed by atoms with Gasteiger partial charge in [0.15, 0.2) is 0 Å². The molecule has 0 heterocycles. The Morgan fingerprint density at radius 3 is 2.00 bits per heavy atom. The van der Waals surface area contributed by atoms with E-state index in [0.717, 1.165) is 6.07 Å². The van der Waals surface area contributed by atoms with Crippen LogP contribution in [0.5, 0.6) is 0 Å². The molecule has 0 aliphatic heterocycles. The highest BCUT2D eigenvalue weighted by Crippen LogP contribution is 2.06. The summed E-state index contributed by atoms with van der Waals surface area (Å²) < 4.78 is 13.0. The van der Waals surface area contributed by atoms with Gasteiger partial charge in [-0.05, 0) is 42.5 Å². The smallest absolute Gasteiger partial charge is 0.356 e. The van der Waals surface area contributed by atoms with Gasteiger partial charge in [-0.3, -0.25) is 20.4 Å². The van der Waals surface area contributed by atoms with Crippen LogP contribution < -0.4 is 16.7 Å². The standard InChI is InChI=1S/C15H12FN3O4/c16-12-3-1-2-11(8-12)14(21)19-18-13(20)9-4-6-10(7-5-9)15(22)23-17/h1-8H,17H2,(H,18,20)(H,19,21). The van der Waals surface area contributed by atoms with Crippen LogP contribution in [0, 0.1) is 5.82 Å². The molecule has 0 saturated heterocycles. The highest BCUT2D eigenvalue weighted by atomic mass is 19.1. The van der Waals surface area contributed by atoms with E-state index in [2.05, 4.69) is 15.7 Å². The summed E-state index contributed by atoms with van der Waals surface area (Å²) in [4.78, 5) is 38.8. The van der Waals surface area contributed by atoms with Gasteiger partial charge in [0.1, 0.15) is 5.82 Å². The summed E-state index contributed by atoms with van der Waals surface area (Å²) in [5, 5.41) is 0. The second kappa shape index (κ2) is 7.14. The second-order valence-corrected chi connectivity index (χ2v) is 4.40. The first kappa shape index (κ1) is 16.1. The number of hydrogen-bond acceptors (Lipinski definition) is 5. The average Bonchev–Trinajstić information content (AvgIpc) is 2.58. The molecule has 23 heavy (non-hydrogen) atoms. The summed E-state index contributed by atoms with van der Waals surface area (Å²) in [7, 11) is 0. The van der Waals surface area contributed by atoms with E-state index in [4.69, 9.17) is 5.90 Å². The van der Waals surface area contributed by atoms with Crippen LogP contribution in [-0.4, -0.2) is 17.8 Å². The highest BCUT2D eigenvalue weighted by molar-refractivity contribution is 5.99. The molecule has 0 spiro atoms. The summed E-state index contributed by atoms with van der Waals surface area (Å²) in [5.41, 5.74) is 4.76. The maximum Gasteiger partial charge on any atom is 0.356 e. The Balaban J connectivity index is 1.97. The predicted octanol–water partition coefficient (Wildman–Crippen LogP) is 0.931. The maximum absolute atomic E-state index is 13.0. The maximum atomic E-state index is 13.0. The fourth-order valence-electron chi connectivity index (χ4n) is 1.71. The normalized spacial score (nSPS) is 9.83. The molecule has 0 saturated carbocycles. The number of carbonyl (C=O) groups excluding carboxylic acids is 3. The zero-order valence-electron chi connectivity index (χ0n) is 11.7. The Labute approximate surface area is 130 Å². The Morgan fingerprint density at radius 1 is 0.870 bits per heavy atom. The van der Waals surface area contributed by atoms with Crippen LogP contribution in [0.25, 0.3) is 0 Å². The molecule has 0 aliphatic rings. The van der Waals surface area contributed by atoms with E-state index in [9.17, 15) is 18.8 Å². The summed E-state index contributed by atoms with van der Waals surface area (Å²) in [5.74, 6) is 2.17. The number of hydrogen-bond donors (Lipinski definition) is 3. The topological polar surface area (TPSA) is 111 Å². The van der Waals surface area contributed by atoms with Crippen molar-refractivity contribution in [2.45, 2.75) is 0 Å². The molecule has 0 atom stereocenters. The number of amides is 2. The minimum Gasteiger partial charge on any atom is -0.370 e. The third-order valence-corrected chi connectivity index (χ3v) is 2.87. The molecular formula is C15H12FN3O4. The van der Waals surface area contributed by atoms with Crippen molar-refractivity contribution >= 4 is 17.8 Å². The number of benzene rings is 2. The number of nitrogens with one attached hydrogen (secondary N) is 2. The van der Waals surface area contributed by atoms with Gasteiger partial charge in [0.25, 0.3) is 11.8 Å². The zero-order valence-corrected chi connectivity index (χ0v) is 11.7. The highest BCUT2D eigenvalue weighted by Gasteiger charge is 2.11. The van der Waals surface area contributed by atoms with Crippen molar-refractivity contribution in [1.82, 2.24) is 10.9 Å². The first-order valence-electron chi connectivity index (χ1n) is 6.38. The van der Waals surface area contributed by atoms with E-state index in [1.54, 1.807) is 0 Å². The molecule has 8 heteroatoms. The van der Waals surface area contributed by atoms with Crippen LogP contribution in [0.15, 0.2) is 48.5 Å². The molecule has 0 fully saturated rings. The first-order chi connectivity index (χ1) is 11.0. The third kappa shape index (κ3) is 4.11. The van der Waals surface area contributed by atoms with Crippen LogP contribution in [0.3, 0.4) is 0 Å². The lowest BCUT2D eigenvalue weighted by atomic mass is 10.1. The number of nitrogens with two attached hydrogens (primary N) is 1. The molecule has 0 aliphatic carbocycles. The summed E-state index contributed by atoms with van der Waals surface area (Å²) in [6.45, 7) is 0. The second-order valence-electron chi connectivity index (χ2n) is 4.40. The van der Waals surface area contributed by atoms with Crippen LogP contribution in [0.2, 0.25) is 0 Å². The molecule has 2 aromatic rings. The molecule has 0 bridgehead atoms. The van der Waals surface area contributed by atoms with Gasteiger partial charge in [-0.15, -0.1) is 0 Å². The summed E-state index contributed by atoms with van der Waals surface area (Å²) >= 11 is 0. The summed E-state index contributed by atoms with van der Waals surface area (Å²) in [6, 6.07) is 10.4. The van der Waals surface area contributed by atoms with Gasteiger partial charge < -0.3 is 4.84 Å². The van der Waals surface area contributed by atoms with Crippen LogP contribution in [0.4, 0.5) is 4.39 Å². The largest absolute Gasteiger partial charge is 0.370 e. The quantitative estimate of drug-likeness (QED) is 0.729. The SMILES string of the molecule is NOC(=O)c1ccc(C(=O)NNC(=O)c2cccc(F)c2)cc1. The van der Waals surface area contributed by atoms with Gasteiger partial charge in [-0.1, -0.05) is 6.07 Å². The van der Waals surface area contributed by atoms with Gasteiger partial charge in [0.05, 0.1) is 5.56 Å². The van der Waals surface area contributed by atoms with E-state index < -0.39 is 23.6 Å². The summed E-state index contributed by atoms with van der Waals surface area (Å²) in [6.07, 6.45) is 0. The lowest BCUT2D eigenvalue weighted by Gasteiger charge is -2.08. The number of hydrazine groups is 1. The molecule has 0 aromatic heterocycles. The average molecular weight is 317 g/mol. The monoisotopic (exact) mass is 317 g/mol. The van der Waals surface area contributed by atoms with Gasteiger partial charge in [0.2, 0.25) is 0 Å². The molecule has 0 radical (unpaired) electrons. The third-order valence-electron chi connectivity index (χ3n) is 2.87. The molecule has 2 aromatic carbocycles. The minimum atomic E-state index is -0.739. The zero-order chi connectivity index (χ0) is 16.8. The van der Waals surface area contributed by atoms with Crippen molar-refractivity contribution in [3.8, 4) is 0 Å². The van der Waals surface area contributed by atoms with Crippen molar-refractivity contribution in [2.24, 2.45) is 5.90 Å². The van der Waals surface area contributed by atoms with Gasteiger partial charge in [0, 0.05) is 11.1 Å². The van der Waals surface area contributed by atoms with Crippen molar-refractivity contribution in [1.29, 1.82) is 0 Å². The fourth-order valence-corrected chi connectivity index (χ4v) is 1.71. The molecule has 2 rings (SSSR count). The van der Waals surface area contributed by atoms with Gasteiger partial charge >= 0.3 is 5.97 Å². The van der Waals surface area contributed by atoms with Crippen molar-refractivity contribution in [2.75, 3.05) is 0 Å². The minimum absolute atomic E-state index is 0.0614. The molecule has 0 unspecified atom stereocenters. The molecular weight excluding hydrogens is 305 g/mol. The Morgan fingerprint density at radius 2 is 1.43 bits per heavy atom. The van der Waals surface area contributed by atoms with Crippen molar-refractivity contribution in [3.05, 3.63) is 71.0 Å². The van der Waals surface area contributed by atoms with E-state index in [0.29, 0.717) is 0 Å². The van der Waals surface area contributed by atoms with E-state index >= 15 is 0 Å². The molecule has 2 amide bonds. The van der Waals surface area contributed by atoms with Crippen molar-refractivity contribution in [3.63, 3.8) is 0 Å². The fraction of sp³-hybridized carbons (Fsp3) is 0. The predicted molar refractivity (Wildman–Crippen MR) is 77.4 cm³/mol. The number of rotatable bonds is 3. The molecule has 4 N–H and O–H groups in total. The van der Waals surface area contributed by atoms with E-state index in [1.165, 1.54) is 42.5 Å². The van der Waals surface area contributed by atoms with Crippen LogP contribution in [0.1, 0.15) is 31.1 Å². The van der Waals surface area contributed by atoms with Gasteiger partial charge in [-0.2, -0.15) is 5.90 Å². The lowest BCUT2D eigenvalue weighted by Crippen LogP contribution is -2.41. The Hall–Kier alpha value is -3.26. The lowest BCUT2D eigenvalue weighted by molar-refractivity contribution is 0.0503. The van der Waals surface area contributed by atoms with Crippen LogP contribution in [-0.2, 0) is 4.84 Å².